The van der Waals surface area contributed by atoms with Gasteiger partial charge in [-0.15, -0.1) is 0 Å². The molecule has 1 atom stereocenters. The molecule has 7 heteroatoms. The number of likely N-dealkylation sites (tertiary alicyclic amines) is 1. The maximum atomic E-state index is 13.6. The zero-order valence-corrected chi connectivity index (χ0v) is 12.6. The Morgan fingerprint density at radius 2 is 1.67 bits per heavy atom. The summed E-state index contributed by atoms with van der Waals surface area (Å²) in [6, 6.07) is 0. The van der Waals surface area contributed by atoms with Crippen molar-refractivity contribution < 1.29 is 28.6 Å². The number of carboxylic acids is 1. The van der Waals surface area contributed by atoms with E-state index in [1.54, 1.807) is 0 Å². The number of amides is 1. The van der Waals surface area contributed by atoms with Crippen LogP contribution in [0.2, 0.25) is 0 Å². The molecular formula is C14H21F2NO4. The lowest BCUT2D eigenvalue weighted by Crippen LogP contribution is -2.55. The van der Waals surface area contributed by atoms with E-state index in [-0.39, 0.29) is 29.2 Å². The van der Waals surface area contributed by atoms with Crippen LogP contribution >= 0.6 is 0 Å². The van der Waals surface area contributed by atoms with Crippen LogP contribution in [0.4, 0.5) is 8.78 Å². The molecule has 0 aromatic rings. The molecule has 1 aliphatic heterocycles. The summed E-state index contributed by atoms with van der Waals surface area (Å²) < 4.78 is 27.2. The van der Waals surface area contributed by atoms with Gasteiger partial charge in [0.15, 0.2) is 5.60 Å². The number of carbonyl (C=O) groups excluding carboxylic acids is 1. The number of halogens is 2. The molecule has 1 heterocycles. The van der Waals surface area contributed by atoms with E-state index in [1.165, 1.54) is 0 Å². The van der Waals surface area contributed by atoms with Gasteiger partial charge in [-0.2, -0.15) is 8.78 Å². The van der Waals surface area contributed by atoms with Crippen molar-refractivity contribution in [2.75, 3.05) is 13.1 Å². The van der Waals surface area contributed by atoms with Crippen LogP contribution in [0.5, 0.6) is 0 Å². The molecular weight excluding hydrogens is 284 g/mol. The number of rotatable bonds is 3. The summed E-state index contributed by atoms with van der Waals surface area (Å²) in [5.41, 5.74) is -3.17. The first-order chi connectivity index (χ1) is 9.29. The topological polar surface area (TPSA) is 77.8 Å². The predicted octanol–water partition coefficient (Wildman–Crippen LogP) is 1.35. The van der Waals surface area contributed by atoms with E-state index in [9.17, 15) is 23.5 Å². The van der Waals surface area contributed by atoms with Crippen LogP contribution < -0.4 is 0 Å². The van der Waals surface area contributed by atoms with Crippen LogP contribution in [0.25, 0.3) is 0 Å². The second kappa shape index (κ2) is 4.15. The van der Waals surface area contributed by atoms with Crippen LogP contribution in [0, 0.1) is 16.7 Å². The van der Waals surface area contributed by atoms with Crippen LogP contribution in [-0.4, -0.2) is 51.6 Å². The van der Waals surface area contributed by atoms with Crippen molar-refractivity contribution in [1.29, 1.82) is 0 Å². The fourth-order valence-electron chi connectivity index (χ4n) is 3.43. The number of hydrogen-bond acceptors (Lipinski definition) is 3. The van der Waals surface area contributed by atoms with E-state index in [2.05, 4.69) is 0 Å². The van der Waals surface area contributed by atoms with Crippen molar-refractivity contribution in [3.63, 3.8) is 0 Å². The SMILES string of the molecule is CC1(C)C(C(=O)N2CCC(O)(C(F)(F)C(=O)O)C2)C1(C)C. The molecule has 0 aromatic carbocycles. The van der Waals surface area contributed by atoms with Gasteiger partial charge < -0.3 is 15.1 Å². The fourth-order valence-corrected chi connectivity index (χ4v) is 3.43. The zero-order valence-electron chi connectivity index (χ0n) is 12.6. The third-order valence-electron chi connectivity index (χ3n) is 5.68. The Morgan fingerprint density at radius 1 is 1.19 bits per heavy atom. The molecule has 0 spiro atoms. The van der Waals surface area contributed by atoms with Crippen LogP contribution in [0.15, 0.2) is 0 Å². The van der Waals surface area contributed by atoms with Crippen LogP contribution in [0.3, 0.4) is 0 Å². The lowest BCUT2D eigenvalue weighted by atomic mass is 9.94. The minimum absolute atomic E-state index is 0.0547. The van der Waals surface area contributed by atoms with E-state index in [0.29, 0.717) is 0 Å². The Hall–Kier alpha value is -1.24. The third-order valence-corrected chi connectivity index (χ3v) is 5.68. The summed E-state index contributed by atoms with van der Waals surface area (Å²) in [4.78, 5) is 24.2. The van der Waals surface area contributed by atoms with Gasteiger partial charge in [0.2, 0.25) is 5.91 Å². The maximum absolute atomic E-state index is 13.6. The van der Waals surface area contributed by atoms with E-state index < -0.39 is 30.5 Å². The second-order valence-corrected chi connectivity index (χ2v) is 7.30. The molecule has 2 fully saturated rings. The predicted molar refractivity (Wildman–Crippen MR) is 69.8 cm³/mol. The van der Waals surface area contributed by atoms with Crippen molar-refractivity contribution >= 4 is 11.9 Å². The molecule has 1 aliphatic carbocycles. The van der Waals surface area contributed by atoms with Crippen molar-refractivity contribution in [2.45, 2.75) is 45.6 Å². The third kappa shape index (κ3) is 1.97. The molecule has 1 amide bonds. The average molecular weight is 305 g/mol. The Morgan fingerprint density at radius 3 is 2.05 bits per heavy atom. The first-order valence-electron chi connectivity index (χ1n) is 6.91. The number of carboxylic acid groups (broad SMARTS) is 1. The highest BCUT2D eigenvalue weighted by atomic mass is 19.3. The highest BCUT2D eigenvalue weighted by Gasteiger charge is 2.70. The zero-order chi connectivity index (χ0) is 16.4. The summed E-state index contributed by atoms with van der Waals surface area (Å²) >= 11 is 0. The standard InChI is InChI=1S/C14H21F2NO4/c1-11(2)8(12(11,3)4)9(18)17-6-5-13(21,7-17)14(15,16)10(19)20/h8,21H,5-7H2,1-4H3,(H,19,20). The second-order valence-electron chi connectivity index (χ2n) is 7.30. The Balaban J connectivity index is 2.14. The molecule has 1 saturated heterocycles. The number of nitrogens with zero attached hydrogens (tertiary/aromatic N) is 1. The van der Waals surface area contributed by atoms with Crippen molar-refractivity contribution in [2.24, 2.45) is 16.7 Å². The first kappa shape index (κ1) is 16.1. The van der Waals surface area contributed by atoms with Gasteiger partial charge >= 0.3 is 11.9 Å². The van der Waals surface area contributed by atoms with Crippen LogP contribution in [-0.2, 0) is 9.59 Å². The largest absolute Gasteiger partial charge is 0.477 e. The molecule has 0 radical (unpaired) electrons. The lowest BCUT2D eigenvalue weighted by molar-refractivity contribution is -0.205. The van der Waals surface area contributed by atoms with Gasteiger partial charge in [-0.25, -0.2) is 4.79 Å². The molecule has 21 heavy (non-hydrogen) atoms. The lowest BCUT2D eigenvalue weighted by Gasteiger charge is -2.29. The quantitative estimate of drug-likeness (QED) is 0.825. The normalized spacial score (nSPS) is 31.3. The van der Waals surface area contributed by atoms with Gasteiger partial charge in [-0.05, 0) is 10.8 Å². The van der Waals surface area contributed by atoms with E-state index >= 15 is 0 Å². The molecule has 1 unspecified atom stereocenters. The van der Waals surface area contributed by atoms with Gasteiger partial charge in [0.05, 0.1) is 6.54 Å². The molecule has 2 N–H and O–H groups in total. The first-order valence-corrected chi connectivity index (χ1v) is 6.91. The minimum Gasteiger partial charge on any atom is -0.477 e. The van der Waals surface area contributed by atoms with Crippen molar-refractivity contribution in [1.82, 2.24) is 4.90 Å². The number of β-amino-alcohol motifs (C(OH)–C–C–N with tert-alkyl or cyclic N) is 1. The maximum Gasteiger partial charge on any atom is 0.377 e. The van der Waals surface area contributed by atoms with Gasteiger partial charge in [-0.1, -0.05) is 27.7 Å². The van der Waals surface area contributed by atoms with Crippen molar-refractivity contribution in [3.8, 4) is 0 Å². The molecule has 2 rings (SSSR count). The average Bonchev–Trinajstić information content (AvgIpc) is 2.64. The van der Waals surface area contributed by atoms with Gasteiger partial charge in [-0.3, -0.25) is 4.79 Å². The monoisotopic (exact) mass is 305 g/mol. The number of aliphatic carboxylic acids is 1. The number of aliphatic hydroxyl groups is 1. The van der Waals surface area contributed by atoms with Crippen LogP contribution in [0.1, 0.15) is 34.1 Å². The molecule has 5 nitrogen and oxygen atoms in total. The molecule has 0 aromatic heterocycles. The molecule has 120 valence electrons. The Labute approximate surface area is 121 Å². The smallest absolute Gasteiger partial charge is 0.377 e. The summed E-state index contributed by atoms with van der Waals surface area (Å²) in [7, 11) is 0. The summed E-state index contributed by atoms with van der Waals surface area (Å²) in [5, 5.41) is 18.5. The Kier molecular flexibility index (Phi) is 3.19. The van der Waals surface area contributed by atoms with Crippen molar-refractivity contribution in [3.05, 3.63) is 0 Å². The van der Waals surface area contributed by atoms with E-state index in [0.717, 1.165) is 4.90 Å². The van der Waals surface area contributed by atoms with Gasteiger partial charge in [0.25, 0.3) is 0 Å². The number of alkyl halides is 2. The molecule has 1 saturated carbocycles. The summed E-state index contributed by atoms with van der Waals surface area (Å²) in [6.07, 6.45) is -0.439. The summed E-state index contributed by atoms with van der Waals surface area (Å²) in [5.74, 6) is -7.23. The van der Waals surface area contributed by atoms with Gasteiger partial charge in [0.1, 0.15) is 0 Å². The van der Waals surface area contributed by atoms with E-state index in [4.69, 9.17) is 5.11 Å². The highest BCUT2D eigenvalue weighted by Crippen LogP contribution is 2.69. The number of hydrogen-bond donors (Lipinski definition) is 2. The molecule has 2 aliphatic rings. The molecule has 0 bridgehead atoms. The minimum atomic E-state index is -4.27. The highest BCUT2D eigenvalue weighted by molar-refractivity contribution is 5.85. The number of carbonyl (C=O) groups is 2. The van der Waals surface area contributed by atoms with E-state index in [1.807, 2.05) is 27.7 Å². The Bertz CT molecular complexity index is 489. The van der Waals surface area contributed by atoms with Gasteiger partial charge in [0, 0.05) is 18.9 Å². The summed E-state index contributed by atoms with van der Waals surface area (Å²) in [6.45, 7) is 7.04. The fraction of sp³-hybridized carbons (Fsp3) is 0.857.